The largest absolute Gasteiger partial charge is 0.480 e. The van der Waals surface area contributed by atoms with Gasteiger partial charge < -0.3 is 10.4 Å². The number of amides is 1. The lowest BCUT2D eigenvalue weighted by Crippen LogP contribution is -2.42. The molecular formula is C15H14FNO3S. The lowest BCUT2D eigenvalue weighted by molar-refractivity contribution is -0.139. The molecule has 0 saturated carbocycles. The molecule has 21 heavy (non-hydrogen) atoms. The van der Waals surface area contributed by atoms with Crippen molar-refractivity contribution in [3.8, 4) is 0 Å². The van der Waals surface area contributed by atoms with Crippen molar-refractivity contribution in [2.45, 2.75) is 19.4 Å². The number of nitrogens with one attached hydrogen (secondary N) is 1. The van der Waals surface area contributed by atoms with E-state index in [0.29, 0.717) is 4.88 Å². The van der Waals surface area contributed by atoms with E-state index >= 15 is 0 Å². The summed E-state index contributed by atoms with van der Waals surface area (Å²) < 4.78 is 13.6. The van der Waals surface area contributed by atoms with Crippen LogP contribution in [0.3, 0.4) is 0 Å². The zero-order chi connectivity index (χ0) is 15.4. The van der Waals surface area contributed by atoms with Gasteiger partial charge in [-0.2, -0.15) is 0 Å². The third kappa shape index (κ3) is 3.66. The van der Waals surface area contributed by atoms with Gasteiger partial charge in [-0.3, -0.25) is 4.79 Å². The molecule has 1 aromatic carbocycles. The number of carbonyl (C=O) groups excluding carboxylic acids is 1. The zero-order valence-corrected chi connectivity index (χ0v) is 12.1. The Balaban J connectivity index is 2.14. The fraction of sp³-hybridized carbons (Fsp3) is 0.200. The number of thiophene rings is 1. The summed E-state index contributed by atoms with van der Waals surface area (Å²) in [7, 11) is 0. The SMILES string of the molecule is Cc1ccsc1C(=O)NC(Cc1ccccc1F)C(=O)O. The number of carboxylic acids is 1. The summed E-state index contributed by atoms with van der Waals surface area (Å²) in [4.78, 5) is 23.8. The number of benzene rings is 1. The number of aliphatic carboxylic acids is 1. The Labute approximate surface area is 125 Å². The third-order valence-corrected chi connectivity index (χ3v) is 4.07. The highest BCUT2D eigenvalue weighted by atomic mass is 32.1. The van der Waals surface area contributed by atoms with Gasteiger partial charge in [0.15, 0.2) is 0 Å². The van der Waals surface area contributed by atoms with Gasteiger partial charge in [0.1, 0.15) is 11.9 Å². The Morgan fingerprint density at radius 2 is 2.05 bits per heavy atom. The normalized spacial score (nSPS) is 11.9. The Morgan fingerprint density at radius 1 is 1.33 bits per heavy atom. The van der Waals surface area contributed by atoms with Gasteiger partial charge >= 0.3 is 5.97 Å². The second kappa shape index (κ2) is 6.49. The Morgan fingerprint density at radius 3 is 2.62 bits per heavy atom. The molecule has 0 spiro atoms. The van der Waals surface area contributed by atoms with E-state index in [2.05, 4.69) is 5.32 Å². The minimum absolute atomic E-state index is 0.0990. The van der Waals surface area contributed by atoms with E-state index in [1.165, 1.54) is 29.5 Å². The number of hydrogen-bond donors (Lipinski definition) is 2. The van der Waals surface area contributed by atoms with Gasteiger partial charge in [-0.1, -0.05) is 18.2 Å². The van der Waals surface area contributed by atoms with E-state index in [-0.39, 0.29) is 12.0 Å². The highest BCUT2D eigenvalue weighted by Gasteiger charge is 2.23. The minimum atomic E-state index is -1.19. The number of carbonyl (C=O) groups is 2. The first-order chi connectivity index (χ1) is 9.99. The van der Waals surface area contributed by atoms with Crippen molar-refractivity contribution in [3.63, 3.8) is 0 Å². The van der Waals surface area contributed by atoms with Crippen LogP contribution in [0.1, 0.15) is 20.8 Å². The number of hydrogen-bond acceptors (Lipinski definition) is 3. The summed E-state index contributed by atoms with van der Waals surface area (Å²) in [6.45, 7) is 1.78. The van der Waals surface area contributed by atoms with Gasteiger partial charge in [0.05, 0.1) is 4.88 Å². The Bertz CT molecular complexity index is 668. The molecule has 0 radical (unpaired) electrons. The summed E-state index contributed by atoms with van der Waals surface area (Å²) >= 11 is 1.24. The van der Waals surface area contributed by atoms with Gasteiger partial charge in [-0.15, -0.1) is 11.3 Å². The fourth-order valence-corrected chi connectivity index (χ4v) is 2.74. The first kappa shape index (κ1) is 15.2. The van der Waals surface area contributed by atoms with Crippen LogP contribution in [0, 0.1) is 12.7 Å². The standard InChI is InChI=1S/C15H14FNO3S/c1-9-6-7-21-13(9)14(18)17-12(15(19)20)8-10-4-2-3-5-11(10)16/h2-7,12H,8H2,1H3,(H,17,18)(H,19,20). The van der Waals surface area contributed by atoms with E-state index in [4.69, 9.17) is 0 Å². The molecule has 2 rings (SSSR count). The van der Waals surface area contributed by atoms with Crippen LogP contribution in [0.25, 0.3) is 0 Å². The Hall–Kier alpha value is -2.21. The molecule has 110 valence electrons. The van der Waals surface area contributed by atoms with Crippen LogP contribution in [0.2, 0.25) is 0 Å². The number of carboxylic acid groups (broad SMARTS) is 1. The van der Waals surface area contributed by atoms with E-state index in [1.54, 1.807) is 24.4 Å². The molecule has 1 aromatic heterocycles. The maximum Gasteiger partial charge on any atom is 0.326 e. The van der Waals surface area contributed by atoms with Crippen molar-refractivity contribution in [1.29, 1.82) is 0 Å². The minimum Gasteiger partial charge on any atom is -0.480 e. The second-order valence-corrected chi connectivity index (χ2v) is 5.51. The maximum atomic E-state index is 13.6. The van der Waals surface area contributed by atoms with Crippen LogP contribution < -0.4 is 5.32 Å². The van der Waals surface area contributed by atoms with Crippen LogP contribution in [0.15, 0.2) is 35.7 Å². The van der Waals surface area contributed by atoms with E-state index in [9.17, 15) is 19.1 Å². The molecule has 0 aliphatic heterocycles. The van der Waals surface area contributed by atoms with Crippen molar-refractivity contribution >= 4 is 23.2 Å². The summed E-state index contributed by atoms with van der Waals surface area (Å²) in [6, 6.07) is 6.54. The van der Waals surface area contributed by atoms with Crippen molar-refractivity contribution in [2.24, 2.45) is 0 Å². The summed E-state index contributed by atoms with van der Waals surface area (Å²) in [5.41, 5.74) is 1.04. The van der Waals surface area contributed by atoms with Crippen LogP contribution in [0.4, 0.5) is 4.39 Å². The smallest absolute Gasteiger partial charge is 0.326 e. The molecule has 0 bridgehead atoms. The van der Waals surface area contributed by atoms with Crippen molar-refractivity contribution < 1.29 is 19.1 Å². The molecule has 4 nitrogen and oxygen atoms in total. The molecule has 2 aromatic rings. The average molecular weight is 307 g/mol. The first-order valence-electron chi connectivity index (χ1n) is 6.30. The third-order valence-electron chi connectivity index (χ3n) is 3.05. The van der Waals surface area contributed by atoms with E-state index in [1.807, 2.05) is 0 Å². The van der Waals surface area contributed by atoms with Gasteiger partial charge in [-0.05, 0) is 35.6 Å². The molecule has 6 heteroatoms. The van der Waals surface area contributed by atoms with Crippen molar-refractivity contribution in [3.05, 3.63) is 57.5 Å². The summed E-state index contributed by atoms with van der Waals surface area (Å²) in [5, 5.41) is 13.4. The zero-order valence-electron chi connectivity index (χ0n) is 11.3. The lowest BCUT2D eigenvalue weighted by Gasteiger charge is -2.14. The topological polar surface area (TPSA) is 66.4 Å². The molecule has 0 aliphatic carbocycles. The first-order valence-corrected chi connectivity index (χ1v) is 7.18. The maximum absolute atomic E-state index is 13.6. The summed E-state index contributed by atoms with van der Waals surface area (Å²) in [6.07, 6.45) is -0.0990. The molecule has 1 unspecified atom stereocenters. The monoisotopic (exact) mass is 307 g/mol. The van der Waals surface area contributed by atoms with Gasteiger partial charge in [0.2, 0.25) is 0 Å². The predicted molar refractivity (Wildman–Crippen MR) is 78.1 cm³/mol. The quantitative estimate of drug-likeness (QED) is 0.892. The molecule has 1 amide bonds. The lowest BCUT2D eigenvalue weighted by atomic mass is 10.1. The fourth-order valence-electron chi connectivity index (χ4n) is 1.91. The number of aryl methyl sites for hydroxylation is 1. The molecule has 1 atom stereocenters. The van der Waals surface area contributed by atoms with Crippen LogP contribution in [-0.4, -0.2) is 23.0 Å². The van der Waals surface area contributed by atoms with E-state index < -0.39 is 23.7 Å². The highest BCUT2D eigenvalue weighted by molar-refractivity contribution is 7.12. The van der Waals surface area contributed by atoms with Crippen molar-refractivity contribution in [1.82, 2.24) is 5.32 Å². The molecule has 0 fully saturated rings. The Kier molecular flexibility index (Phi) is 4.70. The average Bonchev–Trinajstić information content (AvgIpc) is 2.86. The summed E-state index contributed by atoms with van der Waals surface area (Å²) in [5.74, 6) is -2.13. The van der Waals surface area contributed by atoms with Gasteiger partial charge in [0.25, 0.3) is 5.91 Å². The predicted octanol–water partition coefficient (Wildman–Crippen LogP) is 2.62. The molecule has 0 aliphatic rings. The number of rotatable bonds is 5. The number of halogens is 1. The molecule has 0 saturated heterocycles. The van der Waals surface area contributed by atoms with Gasteiger partial charge in [-0.25, -0.2) is 9.18 Å². The highest BCUT2D eigenvalue weighted by Crippen LogP contribution is 2.16. The molecular weight excluding hydrogens is 293 g/mol. The van der Waals surface area contributed by atoms with E-state index in [0.717, 1.165) is 5.56 Å². The van der Waals surface area contributed by atoms with Gasteiger partial charge in [0, 0.05) is 6.42 Å². The molecule has 1 heterocycles. The molecule has 2 N–H and O–H groups in total. The van der Waals surface area contributed by atoms with Crippen molar-refractivity contribution in [2.75, 3.05) is 0 Å². The second-order valence-electron chi connectivity index (χ2n) is 4.59. The van der Waals surface area contributed by atoms with Crippen LogP contribution in [0.5, 0.6) is 0 Å². The van der Waals surface area contributed by atoms with Crippen LogP contribution in [-0.2, 0) is 11.2 Å². The van der Waals surface area contributed by atoms with Crippen LogP contribution >= 0.6 is 11.3 Å².